The summed E-state index contributed by atoms with van der Waals surface area (Å²) in [4.78, 5) is 24.4. The Morgan fingerprint density at radius 2 is 1.68 bits per heavy atom. The Bertz CT molecular complexity index is 898. The molecular formula is C20H24N2O4S2. The van der Waals surface area contributed by atoms with E-state index in [1.165, 1.54) is 18.7 Å². The Balaban J connectivity index is 1.76. The van der Waals surface area contributed by atoms with Crippen molar-refractivity contribution >= 4 is 39.1 Å². The molecule has 28 heavy (non-hydrogen) atoms. The van der Waals surface area contributed by atoms with Crippen molar-refractivity contribution in [2.24, 2.45) is 0 Å². The van der Waals surface area contributed by atoms with E-state index in [0.29, 0.717) is 23.5 Å². The fourth-order valence-electron chi connectivity index (χ4n) is 2.44. The number of hydrogen-bond donors (Lipinski definition) is 2. The minimum atomic E-state index is -3.33. The normalized spacial score (nSPS) is 12.2. The minimum absolute atomic E-state index is 0.0105. The number of benzene rings is 2. The van der Waals surface area contributed by atoms with Gasteiger partial charge in [-0.15, -0.1) is 11.8 Å². The lowest BCUT2D eigenvalue weighted by atomic mass is 10.3. The Hall–Kier alpha value is -2.32. The zero-order valence-electron chi connectivity index (χ0n) is 15.8. The van der Waals surface area contributed by atoms with E-state index in [-0.39, 0.29) is 22.8 Å². The van der Waals surface area contributed by atoms with Gasteiger partial charge in [-0.05, 0) is 49.7 Å². The van der Waals surface area contributed by atoms with Gasteiger partial charge in [0.25, 0.3) is 0 Å². The maximum Gasteiger partial charge on any atom is 0.233 e. The summed E-state index contributed by atoms with van der Waals surface area (Å²) in [5.74, 6) is -0.292. The molecule has 2 amide bonds. The number of carbonyl (C=O) groups is 2. The Morgan fingerprint density at radius 3 is 2.29 bits per heavy atom. The van der Waals surface area contributed by atoms with E-state index < -0.39 is 9.84 Å². The highest BCUT2D eigenvalue weighted by Crippen LogP contribution is 2.24. The molecule has 2 aromatic rings. The second kappa shape index (κ2) is 10.3. The highest BCUT2D eigenvalue weighted by molar-refractivity contribution is 8.00. The SMILES string of the molecule is CC(=O)Nc1ccc(SC(C)C(=O)NCCCS(=O)(=O)c2ccccc2)cc1. The molecule has 1 atom stereocenters. The van der Waals surface area contributed by atoms with Gasteiger partial charge in [-0.1, -0.05) is 18.2 Å². The standard InChI is InChI=1S/C20H24N2O4S2/c1-15(27-18-11-9-17(10-12-18)22-16(2)23)20(24)21-13-6-14-28(25,26)19-7-4-3-5-8-19/h3-5,7-12,15H,6,13-14H2,1-2H3,(H,21,24)(H,22,23). The van der Waals surface area contributed by atoms with E-state index in [0.717, 1.165) is 4.90 Å². The number of thioether (sulfide) groups is 1. The zero-order valence-corrected chi connectivity index (χ0v) is 17.5. The first-order chi connectivity index (χ1) is 13.3. The van der Waals surface area contributed by atoms with Crippen molar-refractivity contribution in [1.82, 2.24) is 5.32 Å². The van der Waals surface area contributed by atoms with Gasteiger partial charge in [0.05, 0.1) is 15.9 Å². The molecule has 150 valence electrons. The van der Waals surface area contributed by atoms with Gasteiger partial charge in [0, 0.05) is 24.1 Å². The predicted octanol–water partition coefficient (Wildman–Crippen LogP) is 3.11. The maximum absolute atomic E-state index is 12.2. The molecule has 6 nitrogen and oxygen atoms in total. The van der Waals surface area contributed by atoms with Crippen molar-refractivity contribution in [3.8, 4) is 0 Å². The Morgan fingerprint density at radius 1 is 1.04 bits per heavy atom. The monoisotopic (exact) mass is 420 g/mol. The van der Waals surface area contributed by atoms with Crippen LogP contribution in [0.1, 0.15) is 20.3 Å². The molecule has 0 aliphatic carbocycles. The van der Waals surface area contributed by atoms with Crippen LogP contribution in [0.3, 0.4) is 0 Å². The molecule has 2 N–H and O–H groups in total. The third kappa shape index (κ3) is 7.01. The number of carbonyl (C=O) groups excluding carboxylic acids is 2. The predicted molar refractivity (Wildman–Crippen MR) is 112 cm³/mol. The fraction of sp³-hybridized carbons (Fsp3) is 0.300. The van der Waals surface area contributed by atoms with Gasteiger partial charge in [-0.3, -0.25) is 9.59 Å². The first-order valence-electron chi connectivity index (χ1n) is 8.88. The Kier molecular flexibility index (Phi) is 8.07. The van der Waals surface area contributed by atoms with E-state index in [4.69, 9.17) is 0 Å². The third-order valence-electron chi connectivity index (χ3n) is 3.85. The van der Waals surface area contributed by atoms with Gasteiger partial charge < -0.3 is 10.6 Å². The first kappa shape index (κ1) is 22.0. The van der Waals surface area contributed by atoms with Gasteiger partial charge >= 0.3 is 0 Å². The lowest BCUT2D eigenvalue weighted by Gasteiger charge is -2.12. The van der Waals surface area contributed by atoms with Crippen molar-refractivity contribution in [2.75, 3.05) is 17.6 Å². The summed E-state index contributed by atoms with van der Waals surface area (Å²) in [7, 11) is -3.33. The molecule has 0 aromatic heterocycles. The number of sulfone groups is 1. The Labute approximate surface area is 170 Å². The smallest absolute Gasteiger partial charge is 0.233 e. The number of anilines is 1. The largest absolute Gasteiger partial charge is 0.355 e. The molecule has 0 aliphatic heterocycles. The van der Waals surface area contributed by atoms with Crippen LogP contribution in [0.25, 0.3) is 0 Å². The van der Waals surface area contributed by atoms with Crippen LogP contribution in [0.15, 0.2) is 64.4 Å². The first-order valence-corrected chi connectivity index (χ1v) is 11.4. The van der Waals surface area contributed by atoms with Crippen LogP contribution in [-0.2, 0) is 19.4 Å². The van der Waals surface area contributed by atoms with Crippen molar-refractivity contribution in [1.29, 1.82) is 0 Å². The van der Waals surface area contributed by atoms with Gasteiger partial charge in [-0.2, -0.15) is 0 Å². The molecule has 0 spiro atoms. The molecule has 0 saturated carbocycles. The highest BCUT2D eigenvalue weighted by atomic mass is 32.2. The van der Waals surface area contributed by atoms with Gasteiger partial charge in [0.1, 0.15) is 0 Å². The average molecular weight is 421 g/mol. The summed E-state index contributed by atoms with van der Waals surface area (Å²) < 4.78 is 24.4. The van der Waals surface area contributed by atoms with E-state index in [2.05, 4.69) is 10.6 Å². The summed E-state index contributed by atoms with van der Waals surface area (Å²) in [6.45, 7) is 3.54. The van der Waals surface area contributed by atoms with Crippen molar-refractivity contribution in [2.45, 2.75) is 35.3 Å². The molecule has 0 fully saturated rings. The molecule has 1 unspecified atom stereocenters. The highest BCUT2D eigenvalue weighted by Gasteiger charge is 2.16. The van der Waals surface area contributed by atoms with Crippen LogP contribution < -0.4 is 10.6 Å². The van der Waals surface area contributed by atoms with Crippen LogP contribution in [0.4, 0.5) is 5.69 Å². The maximum atomic E-state index is 12.2. The summed E-state index contributed by atoms with van der Waals surface area (Å²) in [6, 6.07) is 15.5. The van der Waals surface area contributed by atoms with Crippen LogP contribution in [0.5, 0.6) is 0 Å². The van der Waals surface area contributed by atoms with Crippen LogP contribution in [0, 0.1) is 0 Å². The number of rotatable bonds is 9. The lowest BCUT2D eigenvalue weighted by molar-refractivity contribution is -0.120. The topological polar surface area (TPSA) is 92.3 Å². The summed E-state index contributed by atoms with van der Waals surface area (Å²) in [5, 5.41) is 5.15. The number of amides is 2. The number of hydrogen-bond acceptors (Lipinski definition) is 5. The molecule has 0 heterocycles. The minimum Gasteiger partial charge on any atom is -0.355 e. The molecule has 2 rings (SSSR count). The van der Waals surface area contributed by atoms with Gasteiger partial charge in [0.2, 0.25) is 11.8 Å². The lowest BCUT2D eigenvalue weighted by Crippen LogP contribution is -2.32. The van der Waals surface area contributed by atoms with Gasteiger partial charge in [-0.25, -0.2) is 8.42 Å². The van der Waals surface area contributed by atoms with Crippen molar-refractivity contribution < 1.29 is 18.0 Å². The van der Waals surface area contributed by atoms with Crippen LogP contribution >= 0.6 is 11.8 Å². The second-order valence-electron chi connectivity index (χ2n) is 6.24. The summed E-state index contributed by atoms with van der Waals surface area (Å²) in [5.41, 5.74) is 0.702. The molecule has 0 saturated heterocycles. The second-order valence-corrected chi connectivity index (χ2v) is 9.77. The van der Waals surface area contributed by atoms with Gasteiger partial charge in [0.15, 0.2) is 9.84 Å². The van der Waals surface area contributed by atoms with E-state index in [1.54, 1.807) is 49.4 Å². The molecule has 0 aliphatic rings. The zero-order chi connectivity index (χ0) is 20.6. The van der Waals surface area contributed by atoms with Crippen LogP contribution in [-0.4, -0.2) is 37.8 Å². The van der Waals surface area contributed by atoms with E-state index in [9.17, 15) is 18.0 Å². The van der Waals surface area contributed by atoms with E-state index in [1.807, 2.05) is 12.1 Å². The average Bonchev–Trinajstić information content (AvgIpc) is 2.67. The van der Waals surface area contributed by atoms with E-state index >= 15 is 0 Å². The molecule has 0 bridgehead atoms. The third-order valence-corrected chi connectivity index (χ3v) is 6.78. The molecule has 2 aromatic carbocycles. The molecule has 0 radical (unpaired) electrons. The summed E-state index contributed by atoms with van der Waals surface area (Å²) in [6.07, 6.45) is 0.353. The van der Waals surface area contributed by atoms with Crippen LogP contribution in [0.2, 0.25) is 0 Å². The van der Waals surface area contributed by atoms with Crippen molar-refractivity contribution in [3.63, 3.8) is 0 Å². The van der Waals surface area contributed by atoms with Crippen molar-refractivity contribution in [3.05, 3.63) is 54.6 Å². The molecule has 8 heteroatoms. The number of nitrogens with one attached hydrogen (secondary N) is 2. The molecular weight excluding hydrogens is 396 g/mol. The quantitative estimate of drug-likeness (QED) is 0.480. The fourth-order valence-corrected chi connectivity index (χ4v) is 4.66. The summed E-state index contributed by atoms with van der Waals surface area (Å²) >= 11 is 1.40.